The van der Waals surface area contributed by atoms with Crippen molar-refractivity contribution >= 4 is 22.6 Å². The van der Waals surface area contributed by atoms with Gasteiger partial charge >= 0.3 is 0 Å². The van der Waals surface area contributed by atoms with Gasteiger partial charge in [-0.2, -0.15) is 0 Å². The van der Waals surface area contributed by atoms with Crippen molar-refractivity contribution in [3.63, 3.8) is 0 Å². The first-order chi connectivity index (χ1) is 13.7. The fourth-order valence-corrected chi connectivity index (χ4v) is 3.59. The van der Waals surface area contributed by atoms with Gasteiger partial charge in [-0.05, 0) is 41.3 Å². The van der Waals surface area contributed by atoms with E-state index >= 15 is 0 Å². The Morgan fingerprint density at radius 2 is 1.54 bits per heavy atom. The SMILES string of the molecule is O=C(CCNC(=O)c1ccc2ccccc2c1)NCC1(c2ccccc2)CC1. The summed E-state index contributed by atoms with van der Waals surface area (Å²) in [6.07, 6.45) is 2.50. The van der Waals surface area contributed by atoms with Gasteiger partial charge in [0, 0.05) is 30.5 Å². The quantitative estimate of drug-likeness (QED) is 0.663. The maximum atomic E-state index is 12.3. The summed E-state index contributed by atoms with van der Waals surface area (Å²) in [5.74, 6) is -0.178. The van der Waals surface area contributed by atoms with Crippen LogP contribution in [-0.4, -0.2) is 24.9 Å². The van der Waals surface area contributed by atoms with Crippen molar-refractivity contribution in [1.29, 1.82) is 0 Å². The first-order valence-corrected chi connectivity index (χ1v) is 9.76. The lowest BCUT2D eigenvalue weighted by Crippen LogP contribution is -2.35. The summed E-state index contributed by atoms with van der Waals surface area (Å²) >= 11 is 0. The van der Waals surface area contributed by atoms with Crippen LogP contribution in [0.4, 0.5) is 0 Å². The molecule has 0 aromatic heterocycles. The monoisotopic (exact) mass is 372 g/mol. The van der Waals surface area contributed by atoms with Gasteiger partial charge in [0.2, 0.25) is 5.91 Å². The molecule has 0 atom stereocenters. The van der Waals surface area contributed by atoms with Crippen LogP contribution in [0.1, 0.15) is 35.2 Å². The molecule has 4 nitrogen and oxygen atoms in total. The van der Waals surface area contributed by atoms with Crippen LogP contribution in [0.25, 0.3) is 10.8 Å². The molecule has 0 radical (unpaired) electrons. The number of fused-ring (bicyclic) bond motifs is 1. The standard InChI is InChI=1S/C24H24N2O2/c27-22(26-17-24(13-14-24)21-8-2-1-3-9-21)12-15-25-23(28)20-11-10-18-6-4-5-7-19(18)16-20/h1-11,16H,12-15,17H2,(H,25,28)(H,26,27). The van der Waals surface area contributed by atoms with E-state index in [0.717, 1.165) is 23.6 Å². The molecule has 2 amide bonds. The summed E-state index contributed by atoms with van der Waals surface area (Å²) in [5.41, 5.74) is 2.01. The molecule has 1 aliphatic carbocycles. The largest absolute Gasteiger partial charge is 0.355 e. The molecule has 28 heavy (non-hydrogen) atoms. The molecule has 0 aliphatic heterocycles. The second-order valence-electron chi connectivity index (χ2n) is 7.49. The van der Waals surface area contributed by atoms with Crippen molar-refractivity contribution in [2.45, 2.75) is 24.7 Å². The zero-order valence-electron chi connectivity index (χ0n) is 15.8. The highest BCUT2D eigenvalue weighted by molar-refractivity contribution is 5.98. The zero-order valence-corrected chi connectivity index (χ0v) is 15.8. The zero-order chi connectivity index (χ0) is 19.4. The van der Waals surface area contributed by atoms with Crippen LogP contribution in [0.15, 0.2) is 72.8 Å². The van der Waals surface area contributed by atoms with Crippen molar-refractivity contribution in [2.75, 3.05) is 13.1 Å². The van der Waals surface area contributed by atoms with E-state index in [9.17, 15) is 9.59 Å². The van der Waals surface area contributed by atoms with Crippen LogP contribution in [0.5, 0.6) is 0 Å². The summed E-state index contributed by atoms with van der Waals surface area (Å²) in [4.78, 5) is 24.5. The van der Waals surface area contributed by atoms with Gasteiger partial charge in [-0.25, -0.2) is 0 Å². The van der Waals surface area contributed by atoms with Crippen molar-refractivity contribution in [3.8, 4) is 0 Å². The third-order valence-electron chi connectivity index (χ3n) is 5.51. The minimum atomic E-state index is -0.151. The molecule has 0 saturated heterocycles. The Bertz CT molecular complexity index is 994. The van der Waals surface area contributed by atoms with E-state index in [-0.39, 0.29) is 23.7 Å². The predicted octanol–water partition coefficient (Wildman–Crippen LogP) is 3.81. The molecule has 3 aromatic carbocycles. The first-order valence-electron chi connectivity index (χ1n) is 9.76. The van der Waals surface area contributed by atoms with Crippen molar-refractivity contribution in [3.05, 3.63) is 83.9 Å². The summed E-state index contributed by atoms with van der Waals surface area (Å²) in [5, 5.41) is 8.00. The van der Waals surface area contributed by atoms with Crippen LogP contribution in [0.2, 0.25) is 0 Å². The number of amides is 2. The van der Waals surface area contributed by atoms with Crippen LogP contribution >= 0.6 is 0 Å². The van der Waals surface area contributed by atoms with Crippen LogP contribution in [-0.2, 0) is 10.2 Å². The van der Waals surface area contributed by atoms with Crippen LogP contribution in [0.3, 0.4) is 0 Å². The Hall–Kier alpha value is -3.14. The Labute approximate surface area is 165 Å². The van der Waals surface area contributed by atoms with Gasteiger partial charge in [0.15, 0.2) is 0 Å². The predicted molar refractivity (Wildman–Crippen MR) is 111 cm³/mol. The molecule has 142 valence electrons. The topological polar surface area (TPSA) is 58.2 Å². The minimum absolute atomic E-state index is 0.0268. The Morgan fingerprint density at radius 3 is 2.29 bits per heavy atom. The van der Waals surface area contributed by atoms with E-state index in [2.05, 4.69) is 22.8 Å². The average Bonchev–Trinajstić information content (AvgIpc) is 3.54. The van der Waals surface area contributed by atoms with Crippen molar-refractivity contribution < 1.29 is 9.59 Å². The van der Waals surface area contributed by atoms with Gasteiger partial charge < -0.3 is 10.6 Å². The molecule has 1 aliphatic rings. The third-order valence-corrected chi connectivity index (χ3v) is 5.51. The normalized spacial score (nSPS) is 14.4. The highest BCUT2D eigenvalue weighted by atomic mass is 16.2. The number of nitrogens with one attached hydrogen (secondary N) is 2. The number of hydrogen-bond donors (Lipinski definition) is 2. The second-order valence-corrected chi connectivity index (χ2v) is 7.49. The molecule has 1 saturated carbocycles. The van der Waals surface area contributed by atoms with E-state index in [4.69, 9.17) is 0 Å². The van der Waals surface area contributed by atoms with Gasteiger partial charge in [0.05, 0.1) is 0 Å². The summed E-state index contributed by atoms with van der Waals surface area (Å²) < 4.78 is 0. The molecule has 4 rings (SSSR count). The molecule has 0 heterocycles. The van der Waals surface area contributed by atoms with E-state index in [1.165, 1.54) is 5.56 Å². The van der Waals surface area contributed by atoms with Gasteiger partial charge in [0.1, 0.15) is 0 Å². The maximum absolute atomic E-state index is 12.3. The first kappa shape index (κ1) is 18.2. The average molecular weight is 372 g/mol. The van der Waals surface area contributed by atoms with Gasteiger partial charge in [-0.3, -0.25) is 9.59 Å². The fraction of sp³-hybridized carbons (Fsp3) is 0.250. The van der Waals surface area contributed by atoms with E-state index in [0.29, 0.717) is 18.7 Å². The number of rotatable bonds is 7. The van der Waals surface area contributed by atoms with Gasteiger partial charge in [0.25, 0.3) is 5.91 Å². The van der Waals surface area contributed by atoms with Crippen molar-refractivity contribution in [1.82, 2.24) is 10.6 Å². The molecular formula is C24H24N2O2. The number of carbonyl (C=O) groups is 2. The lowest BCUT2D eigenvalue weighted by atomic mass is 9.96. The molecular weight excluding hydrogens is 348 g/mol. The third kappa shape index (κ3) is 4.06. The smallest absolute Gasteiger partial charge is 0.251 e. The highest BCUT2D eigenvalue weighted by Crippen LogP contribution is 2.47. The molecule has 0 bridgehead atoms. The van der Waals surface area contributed by atoms with E-state index in [1.807, 2.05) is 60.7 Å². The maximum Gasteiger partial charge on any atom is 0.251 e. The van der Waals surface area contributed by atoms with Crippen LogP contribution in [0, 0.1) is 0 Å². The van der Waals surface area contributed by atoms with Gasteiger partial charge in [-0.15, -0.1) is 0 Å². The Balaban J connectivity index is 1.24. The number of carbonyl (C=O) groups excluding carboxylic acids is 2. The minimum Gasteiger partial charge on any atom is -0.355 e. The second kappa shape index (κ2) is 7.85. The van der Waals surface area contributed by atoms with Crippen molar-refractivity contribution in [2.24, 2.45) is 0 Å². The van der Waals surface area contributed by atoms with Gasteiger partial charge in [-0.1, -0.05) is 60.7 Å². The van der Waals surface area contributed by atoms with E-state index in [1.54, 1.807) is 0 Å². The molecule has 4 heteroatoms. The van der Waals surface area contributed by atoms with E-state index < -0.39 is 0 Å². The molecule has 2 N–H and O–H groups in total. The fourth-order valence-electron chi connectivity index (χ4n) is 3.59. The number of hydrogen-bond acceptors (Lipinski definition) is 2. The summed E-state index contributed by atoms with van der Waals surface area (Å²) in [6.45, 7) is 0.990. The summed E-state index contributed by atoms with van der Waals surface area (Å²) in [7, 11) is 0. The number of benzene rings is 3. The highest BCUT2D eigenvalue weighted by Gasteiger charge is 2.44. The molecule has 1 fully saturated rings. The summed E-state index contributed by atoms with van der Waals surface area (Å²) in [6, 6.07) is 23.9. The lowest BCUT2D eigenvalue weighted by molar-refractivity contribution is -0.121. The molecule has 0 spiro atoms. The van der Waals surface area contributed by atoms with Crippen LogP contribution < -0.4 is 10.6 Å². The molecule has 0 unspecified atom stereocenters. The Kier molecular flexibility index (Phi) is 5.11. The Morgan fingerprint density at radius 1 is 0.821 bits per heavy atom. The molecule has 3 aromatic rings. The lowest BCUT2D eigenvalue weighted by Gasteiger charge is -2.16.